The van der Waals surface area contributed by atoms with Crippen LogP contribution < -0.4 is 10.2 Å². The minimum atomic E-state index is -0.345. The number of aromatic hydroxyl groups is 1. The molecule has 0 heterocycles. The molecule has 0 saturated carbocycles. The van der Waals surface area contributed by atoms with E-state index in [0.29, 0.717) is 5.56 Å². The molecule has 0 saturated heterocycles. The third kappa shape index (κ3) is 4.21. The second kappa shape index (κ2) is 7.64. The quantitative estimate of drug-likeness (QED) is 0.658. The van der Waals surface area contributed by atoms with Gasteiger partial charge in [0.2, 0.25) is 0 Å². The van der Waals surface area contributed by atoms with Crippen LogP contribution in [0.25, 0.3) is 6.08 Å². The fourth-order valence-corrected chi connectivity index (χ4v) is 1.77. The lowest BCUT2D eigenvalue weighted by molar-refractivity contribution is 0.0955. The Balaban J connectivity index is 1.91. The predicted octanol–water partition coefficient (Wildman–Crippen LogP) is 2.83. The van der Waals surface area contributed by atoms with Gasteiger partial charge in [-0.25, -0.2) is 5.43 Å². The van der Waals surface area contributed by atoms with E-state index in [2.05, 4.69) is 10.5 Å². The first-order chi connectivity index (χ1) is 10.7. The molecule has 0 bridgehead atoms. The number of nitrogens with one attached hydrogen (secondary N) is 1. The molecule has 0 aliphatic rings. The third-order valence-electron chi connectivity index (χ3n) is 2.87. The number of hydrazone groups is 1. The maximum atomic E-state index is 11.7. The Hall–Kier alpha value is -3.08. The van der Waals surface area contributed by atoms with Gasteiger partial charge in [-0.1, -0.05) is 18.2 Å². The summed E-state index contributed by atoms with van der Waals surface area (Å²) in [5, 5.41) is 13.0. The van der Waals surface area contributed by atoms with Crippen molar-refractivity contribution in [3.63, 3.8) is 0 Å². The summed E-state index contributed by atoms with van der Waals surface area (Å²) >= 11 is 0. The highest BCUT2D eigenvalue weighted by Crippen LogP contribution is 2.18. The molecule has 2 aromatic carbocycles. The molecule has 0 aliphatic carbocycles. The fourth-order valence-electron chi connectivity index (χ4n) is 1.77. The molecule has 2 aromatic rings. The van der Waals surface area contributed by atoms with Gasteiger partial charge in [-0.2, -0.15) is 5.10 Å². The van der Waals surface area contributed by atoms with Gasteiger partial charge >= 0.3 is 0 Å². The van der Waals surface area contributed by atoms with Gasteiger partial charge < -0.3 is 9.84 Å². The largest absolute Gasteiger partial charge is 0.508 e. The van der Waals surface area contributed by atoms with Crippen LogP contribution in [0, 0.1) is 0 Å². The van der Waals surface area contributed by atoms with E-state index < -0.39 is 0 Å². The van der Waals surface area contributed by atoms with Crippen molar-refractivity contribution in [2.24, 2.45) is 5.10 Å². The van der Waals surface area contributed by atoms with E-state index in [9.17, 15) is 4.79 Å². The monoisotopic (exact) mass is 296 g/mol. The summed E-state index contributed by atoms with van der Waals surface area (Å²) in [6.07, 6.45) is 5.01. The Morgan fingerprint density at radius 2 is 1.91 bits per heavy atom. The Morgan fingerprint density at radius 3 is 2.64 bits per heavy atom. The summed E-state index contributed by atoms with van der Waals surface area (Å²) in [5.41, 5.74) is 3.74. The van der Waals surface area contributed by atoms with E-state index >= 15 is 0 Å². The van der Waals surface area contributed by atoms with Crippen LogP contribution in [0.5, 0.6) is 11.5 Å². The van der Waals surface area contributed by atoms with Gasteiger partial charge in [0.05, 0.1) is 7.11 Å². The first kappa shape index (κ1) is 15.3. The van der Waals surface area contributed by atoms with Crippen molar-refractivity contribution in [3.05, 3.63) is 65.7 Å². The van der Waals surface area contributed by atoms with Gasteiger partial charge in [0.25, 0.3) is 5.91 Å². The Kier molecular flexibility index (Phi) is 5.31. The van der Waals surface area contributed by atoms with Gasteiger partial charge in [-0.15, -0.1) is 0 Å². The summed E-state index contributed by atoms with van der Waals surface area (Å²) in [6, 6.07) is 13.5. The van der Waals surface area contributed by atoms with Crippen molar-refractivity contribution in [1.29, 1.82) is 0 Å². The molecule has 1 amide bonds. The second-order valence-electron chi connectivity index (χ2n) is 4.37. The van der Waals surface area contributed by atoms with Gasteiger partial charge in [-0.05, 0) is 42.5 Å². The van der Waals surface area contributed by atoms with Crippen molar-refractivity contribution in [1.82, 2.24) is 5.43 Å². The highest BCUT2D eigenvalue weighted by molar-refractivity contribution is 5.94. The topological polar surface area (TPSA) is 70.9 Å². The van der Waals surface area contributed by atoms with Crippen molar-refractivity contribution in [3.8, 4) is 11.5 Å². The second-order valence-corrected chi connectivity index (χ2v) is 4.37. The van der Waals surface area contributed by atoms with Crippen LogP contribution in [0.3, 0.4) is 0 Å². The van der Waals surface area contributed by atoms with Crippen LogP contribution >= 0.6 is 0 Å². The first-order valence-electron chi connectivity index (χ1n) is 6.63. The molecule has 0 radical (unpaired) electrons. The average Bonchev–Trinajstić information content (AvgIpc) is 2.55. The number of phenolic OH excluding ortho intramolecular Hbond substituents is 1. The molecule has 2 N–H and O–H groups in total. The number of benzene rings is 2. The van der Waals surface area contributed by atoms with Crippen molar-refractivity contribution in [2.75, 3.05) is 7.11 Å². The van der Waals surface area contributed by atoms with Gasteiger partial charge in [0.15, 0.2) is 0 Å². The van der Waals surface area contributed by atoms with Crippen LogP contribution in [-0.2, 0) is 0 Å². The van der Waals surface area contributed by atoms with Crippen molar-refractivity contribution in [2.45, 2.75) is 0 Å². The number of carbonyl (C=O) groups is 1. The minimum Gasteiger partial charge on any atom is -0.508 e. The first-order valence-corrected chi connectivity index (χ1v) is 6.63. The lowest BCUT2D eigenvalue weighted by Gasteiger charge is -2.02. The molecule has 0 spiro atoms. The van der Waals surface area contributed by atoms with E-state index in [4.69, 9.17) is 9.84 Å². The maximum absolute atomic E-state index is 11.7. The summed E-state index contributed by atoms with van der Waals surface area (Å²) < 4.78 is 5.22. The molecular formula is C17H16N2O3. The van der Waals surface area contributed by atoms with E-state index in [-0.39, 0.29) is 11.7 Å². The summed E-state index contributed by atoms with van der Waals surface area (Å²) in [7, 11) is 1.61. The number of allylic oxidation sites excluding steroid dienone is 1. The molecule has 5 heteroatoms. The number of nitrogens with zero attached hydrogens (tertiary/aromatic N) is 1. The van der Waals surface area contributed by atoms with Crippen LogP contribution in [0.4, 0.5) is 0 Å². The van der Waals surface area contributed by atoms with Crippen LogP contribution in [0.1, 0.15) is 15.9 Å². The zero-order valence-corrected chi connectivity index (χ0v) is 12.1. The van der Waals surface area contributed by atoms with E-state index in [1.165, 1.54) is 30.5 Å². The molecule has 0 fully saturated rings. The molecule has 2 rings (SSSR count). The smallest absolute Gasteiger partial charge is 0.271 e. The van der Waals surface area contributed by atoms with E-state index in [0.717, 1.165) is 11.3 Å². The van der Waals surface area contributed by atoms with Crippen molar-refractivity contribution < 1.29 is 14.6 Å². The molecule has 112 valence electrons. The van der Waals surface area contributed by atoms with Crippen molar-refractivity contribution >= 4 is 18.2 Å². The predicted molar refractivity (Wildman–Crippen MR) is 86.1 cm³/mol. The fraction of sp³-hybridized carbons (Fsp3) is 0.0588. The van der Waals surface area contributed by atoms with Gasteiger partial charge in [0, 0.05) is 17.3 Å². The summed E-state index contributed by atoms with van der Waals surface area (Å²) in [6.45, 7) is 0. The maximum Gasteiger partial charge on any atom is 0.271 e. The summed E-state index contributed by atoms with van der Waals surface area (Å²) in [5.74, 6) is 0.530. The number of methoxy groups -OCH3 is 1. The van der Waals surface area contributed by atoms with E-state index in [1.807, 2.05) is 30.3 Å². The van der Waals surface area contributed by atoms with Crippen LogP contribution in [0.2, 0.25) is 0 Å². The molecule has 22 heavy (non-hydrogen) atoms. The number of para-hydroxylation sites is 1. The Morgan fingerprint density at radius 1 is 1.18 bits per heavy atom. The average molecular weight is 296 g/mol. The number of ether oxygens (including phenoxy) is 1. The third-order valence-corrected chi connectivity index (χ3v) is 2.87. The normalized spacial score (nSPS) is 11.0. The highest BCUT2D eigenvalue weighted by atomic mass is 16.5. The summed E-state index contributed by atoms with van der Waals surface area (Å²) in [4.78, 5) is 11.7. The molecule has 0 atom stereocenters. The number of phenols is 1. The van der Waals surface area contributed by atoms with Gasteiger partial charge in [-0.3, -0.25) is 4.79 Å². The minimum absolute atomic E-state index is 0.111. The number of hydrogen-bond acceptors (Lipinski definition) is 4. The Labute approximate surface area is 128 Å². The number of carbonyl (C=O) groups excluding carboxylic acids is 1. The van der Waals surface area contributed by atoms with Crippen LogP contribution in [0.15, 0.2) is 59.7 Å². The zero-order chi connectivity index (χ0) is 15.8. The zero-order valence-electron chi connectivity index (χ0n) is 12.1. The highest BCUT2D eigenvalue weighted by Gasteiger charge is 2.02. The Bertz CT molecular complexity index is 691. The van der Waals surface area contributed by atoms with Gasteiger partial charge in [0.1, 0.15) is 11.5 Å². The lowest BCUT2D eigenvalue weighted by Crippen LogP contribution is -2.16. The lowest BCUT2D eigenvalue weighted by atomic mass is 10.2. The molecule has 0 unspecified atom stereocenters. The standard InChI is InChI=1S/C17H16N2O3/c1-22-16-7-3-2-5-13(16)6-4-12-18-19-17(21)14-8-10-15(20)11-9-14/h2-12,20H,1H3,(H,19,21)/b6-4+,18-12-. The molecule has 0 aliphatic heterocycles. The number of rotatable bonds is 5. The number of hydrogen-bond donors (Lipinski definition) is 2. The molecule has 0 aromatic heterocycles. The van der Waals surface area contributed by atoms with Crippen LogP contribution in [-0.4, -0.2) is 24.3 Å². The number of amides is 1. The SMILES string of the molecule is COc1ccccc1/C=C/C=N\NC(=O)c1ccc(O)cc1. The molecular weight excluding hydrogens is 280 g/mol. The molecule has 5 nitrogen and oxygen atoms in total. The van der Waals surface area contributed by atoms with E-state index in [1.54, 1.807) is 13.2 Å².